The molecule has 1 saturated heterocycles. The molecule has 2 rings (SSSR count). The third-order valence-electron chi connectivity index (χ3n) is 4.19. The fourth-order valence-corrected chi connectivity index (χ4v) is 3.32. The largest absolute Gasteiger partial charge is 0.393 e. The Kier molecular flexibility index (Phi) is 5.04. The second-order valence-electron chi connectivity index (χ2n) is 6.68. The molecular formula is C15H27NO4. The van der Waals surface area contributed by atoms with Gasteiger partial charge in [0.2, 0.25) is 5.91 Å². The summed E-state index contributed by atoms with van der Waals surface area (Å²) >= 11 is 0. The minimum absolute atomic E-state index is 0.0538. The molecule has 0 aromatic heterocycles. The van der Waals surface area contributed by atoms with Crippen LogP contribution in [0.5, 0.6) is 0 Å². The number of aliphatic hydroxyl groups excluding tert-OH is 1. The number of methoxy groups -OCH3 is 1. The topological polar surface area (TPSA) is 59.0 Å². The summed E-state index contributed by atoms with van der Waals surface area (Å²) < 4.78 is 11.1. The van der Waals surface area contributed by atoms with Gasteiger partial charge >= 0.3 is 0 Å². The highest BCUT2D eigenvalue weighted by Crippen LogP contribution is 2.29. The number of ether oxygens (including phenoxy) is 2. The molecule has 1 aliphatic heterocycles. The highest BCUT2D eigenvalue weighted by atomic mass is 16.5. The Morgan fingerprint density at radius 1 is 1.35 bits per heavy atom. The third-order valence-corrected chi connectivity index (χ3v) is 4.19. The first-order valence-corrected chi connectivity index (χ1v) is 7.55. The van der Waals surface area contributed by atoms with Crippen molar-refractivity contribution in [3.63, 3.8) is 0 Å². The number of hydrogen-bond acceptors (Lipinski definition) is 4. The zero-order chi connectivity index (χ0) is 14.8. The minimum Gasteiger partial charge on any atom is -0.393 e. The first-order valence-electron chi connectivity index (χ1n) is 7.55. The zero-order valence-electron chi connectivity index (χ0n) is 12.8. The Labute approximate surface area is 121 Å². The van der Waals surface area contributed by atoms with E-state index in [1.165, 1.54) is 0 Å². The van der Waals surface area contributed by atoms with Crippen LogP contribution in [0, 0.1) is 5.92 Å². The van der Waals surface area contributed by atoms with Gasteiger partial charge in [0.1, 0.15) is 0 Å². The van der Waals surface area contributed by atoms with Crippen LogP contribution in [0.4, 0.5) is 0 Å². The van der Waals surface area contributed by atoms with Gasteiger partial charge in [0.25, 0.3) is 0 Å². The molecule has 5 heteroatoms. The highest BCUT2D eigenvalue weighted by molar-refractivity contribution is 5.79. The Morgan fingerprint density at radius 3 is 2.60 bits per heavy atom. The predicted molar refractivity (Wildman–Crippen MR) is 75.4 cm³/mol. The van der Waals surface area contributed by atoms with E-state index in [9.17, 15) is 9.90 Å². The van der Waals surface area contributed by atoms with Crippen molar-refractivity contribution in [3.05, 3.63) is 0 Å². The maximum Gasteiger partial charge on any atom is 0.225 e. The molecule has 1 heterocycles. The SMILES string of the molecule is COC[C@@H]1CN(C(=O)C2CCC(O)CC2)CC(C)(C)O1. The van der Waals surface area contributed by atoms with Crippen LogP contribution in [-0.4, -0.2) is 60.5 Å². The van der Waals surface area contributed by atoms with Crippen LogP contribution in [-0.2, 0) is 14.3 Å². The average Bonchev–Trinajstić information content (AvgIpc) is 2.37. The van der Waals surface area contributed by atoms with Gasteiger partial charge in [0, 0.05) is 26.1 Å². The first-order chi connectivity index (χ1) is 9.41. The van der Waals surface area contributed by atoms with Crippen LogP contribution >= 0.6 is 0 Å². The summed E-state index contributed by atoms with van der Waals surface area (Å²) in [5.74, 6) is 0.282. The van der Waals surface area contributed by atoms with Crippen molar-refractivity contribution in [3.8, 4) is 0 Å². The molecule has 5 nitrogen and oxygen atoms in total. The molecule has 0 aromatic carbocycles. The van der Waals surface area contributed by atoms with Gasteiger partial charge in [-0.15, -0.1) is 0 Å². The molecule has 1 N–H and O–H groups in total. The van der Waals surface area contributed by atoms with Crippen molar-refractivity contribution in [2.45, 2.75) is 57.3 Å². The Hall–Kier alpha value is -0.650. The van der Waals surface area contributed by atoms with Crippen LogP contribution in [0.25, 0.3) is 0 Å². The standard InChI is InChI=1S/C15H27NO4/c1-15(2)10-16(8-13(20-15)9-19-3)14(18)11-4-6-12(17)7-5-11/h11-13,17H,4-10H2,1-3H3/t11?,12?,13-/m0/s1. The molecule has 1 saturated carbocycles. The summed E-state index contributed by atoms with van der Waals surface area (Å²) in [6.07, 6.45) is 2.81. The van der Waals surface area contributed by atoms with Crippen molar-refractivity contribution >= 4 is 5.91 Å². The van der Waals surface area contributed by atoms with E-state index >= 15 is 0 Å². The molecule has 20 heavy (non-hydrogen) atoms. The predicted octanol–water partition coefficient (Wildman–Crippen LogP) is 1.19. The maximum absolute atomic E-state index is 12.6. The second-order valence-corrected chi connectivity index (χ2v) is 6.68. The number of nitrogens with zero attached hydrogens (tertiary/aromatic N) is 1. The summed E-state index contributed by atoms with van der Waals surface area (Å²) in [5, 5.41) is 9.55. The maximum atomic E-state index is 12.6. The van der Waals surface area contributed by atoms with Gasteiger partial charge in [-0.05, 0) is 39.5 Å². The molecule has 116 valence electrons. The minimum atomic E-state index is -0.328. The Bertz CT molecular complexity index is 337. The number of amides is 1. The van der Waals surface area contributed by atoms with E-state index in [0.717, 1.165) is 25.7 Å². The van der Waals surface area contributed by atoms with E-state index in [1.807, 2.05) is 18.7 Å². The summed E-state index contributed by atoms with van der Waals surface area (Å²) in [4.78, 5) is 14.6. The number of carbonyl (C=O) groups is 1. The van der Waals surface area contributed by atoms with Crippen molar-refractivity contribution < 1.29 is 19.4 Å². The number of morpholine rings is 1. The van der Waals surface area contributed by atoms with Crippen LogP contribution < -0.4 is 0 Å². The zero-order valence-corrected chi connectivity index (χ0v) is 12.8. The Morgan fingerprint density at radius 2 is 2.00 bits per heavy atom. The van der Waals surface area contributed by atoms with Crippen molar-refractivity contribution in [1.82, 2.24) is 4.90 Å². The van der Waals surface area contributed by atoms with Gasteiger partial charge in [-0.25, -0.2) is 0 Å². The quantitative estimate of drug-likeness (QED) is 0.846. The van der Waals surface area contributed by atoms with E-state index in [0.29, 0.717) is 19.7 Å². The normalized spacial score (nSPS) is 34.0. The van der Waals surface area contributed by atoms with Crippen LogP contribution in [0.1, 0.15) is 39.5 Å². The van der Waals surface area contributed by atoms with Gasteiger partial charge in [-0.1, -0.05) is 0 Å². The number of hydrogen-bond donors (Lipinski definition) is 1. The van der Waals surface area contributed by atoms with E-state index in [-0.39, 0.29) is 29.6 Å². The summed E-state index contributed by atoms with van der Waals surface area (Å²) in [5.41, 5.74) is -0.328. The molecule has 0 spiro atoms. The number of aliphatic hydroxyl groups is 1. The molecule has 0 aromatic rings. The molecule has 0 unspecified atom stereocenters. The second kappa shape index (κ2) is 6.41. The van der Waals surface area contributed by atoms with Crippen LogP contribution in [0.2, 0.25) is 0 Å². The molecule has 1 amide bonds. The van der Waals surface area contributed by atoms with E-state index in [1.54, 1.807) is 7.11 Å². The van der Waals surface area contributed by atoms with E-state index < -0.39 is 0 Å². The van der Waals surface area contributed by atoms with Gasteiger partial charge in [-0.2, -0.15) is 0 Å². The van der Waals surface area contributed by atoms with Gasteiger partial charge in [0.15, 0.2) is 0 Å². The van der Waals surface area contributed by atoms with Gasteiger partial charge in [-0.3, -0.25) is 4.79 Å². The molecule has 2 aliphatic rings. The molecule has 0 radical (unpaired) electrons. The summed E-state index contributed by atoms with van der Waals surface area (Å²) in [7, 11) is 1.65. The highest BCUT2D eigenvalue weighted by Gasteiger charge is 2.38. The summed E-state index contributed by atoms with van der Waals surface area (Å²) in [6, 6.07) is 0. The molecule has 0 bridgehead atoms. The molecule has 1 atom stereocenters. The van der Waals surface area contributed by atoms with Crippen LogP contribution in [0.3, 0.4) is 0 Å². The Balaban J connectivity index is 1.97. The monoisotopic (exact) mass is 285 g/mol. The molecule has 1 aliphatic carbocycles. The van der Waals surface area contributed by atoms with E-state index in [4.69, 9.17) is 9.47 Å². The lowest BCUT2D eigenvalue weighted by Crippen LogP contribution is -2.57. The third kappa shape index (κ3) is 3.93. The van der Waals surface area contributed by atoms with Crippen LogP contribution in [0.15, 0.2) is 0 Å². The number of carbonyl (C=O) groups excluding carboxylic acids is 1. The first kappa shape index (κ1) is 15.7. The van der Waals surface area contributed by atoms with Gasteiger partial charge in [0.05, 0.1) is 24.4 Å². The molecule has 2 fully saturated rings. The lowest BCUT2D eigenvalue weighted by molar-refractivity contribution is -0.172. The van der Waals surface area contributed by atoms with Gasteiger partial charge < -0.3 is 19.5 Å². The van der Waals surface area contributed by atoms with E-state index in [2.05, 4.69) is 0 Å². The lowest BCUT2D eigenvalue weighted by atomic mass is 9.86. The van der Waals surface area contributed by atoms with Crippen molar-refractivity contribution in [1.29, 1.82) is 0 Å². The average molecular weight is 285 g/mol. The fraction of sp³-hybridized carbons (Fsp3) is 0.933. The van der Waals surface area contributed by atoms with Crippen molar-refractivity contribution in [2.24, 2.45) is 5.92 Å². The van der Waals surface area contributed by atoms with Crippen molar-refractivity contribution in [2.75, 3.05) is 26.8 Å². The fourth-order valence-electron chi connectivity index (χ4n) is 3.32. The summed E-state index contributed by atoms with van der Waals surface area (Å²) in [6.45, 7) is 5.77. The molecular weight excluding hydrogens is 258 g/mol. The number of rotatable bonds is 3. The smallest absolute Gasteiger partial charge is 0.225 e. The lowest BCUT2D eigenvalue weighted by Gasteiger charge is -2.44.